The summed E-state index contributed by atoms with van der Waals surface area (Å²) in [5, 5.41) is 0. The van der Waals surface area contributed by atoms with E-state index in [1.807, 2.05) is 7.11 Å². The third-order valence-electron chi connectivity index (χ3n) is 5.48. The molecular weight excluding hydrogens is 258 g/mol. The Kier molecular flexibility index (Phi) is 3.49. The normalized spacial score (nSPS) is 39.4. The molecule has 1 fully saturated rings. The Morgan fingerprint density at radius 3 is 1.81 bits per heavy atom. The van der Waals surface area contributed by atoms with Crippen molar-refractivity contribution in [1.29, 1.82) is 0 Å². The maximum absolute atomic E-state index is 5.96. The van der Waals surface area contributed by atoms with Gasteiger partial charge in [0.1, 0.15) is 5.72 Å². The fraction of sp³-hybridized carbons (Fsp3) is 0.684. The number of rotatable bonds is 1. The molecule has 2 nitrogen and oxygen atoms in total. The van der Waals surface area contributed by atoms with Gasteiger partial charge in [0.2, 0.25) is 0 Å². The maximum atomic E-state index is 5.96. The highest BCUT2D eigenvalue weighted by molar-refractivity contribution is 5.47. The lowest BCUT2D eigenvalue weighted by Gasteiger charge is -2.41. The molecule has 0 aromatic carbocycles. The van der Waals surface area contributed by atoms with Gasteiger partial charge in [0.15, 0.2) is 0 Å². The van der Waals surface area contributed by atoms with Crippen molar-refractivity contribution in [1.82, 2.24) is 4.90 Å². The van der Waals surface area contributed by atoms with Crippen LogP contribution in [0.15, 0.2) is 35.6 Å². The van der Waals surface area contributed by atoms with Gasteiger partial charge in [-0.05, 0) is 12.5 Å². The SMILES string of the molecule is COC1(C)N(C)C2=C/C(C)(C)/C=C\C(C)(C)/C=C\2C1(C)C. The Morgan fingerprint density at radius 1 is 0.857 bits per heavy atom. The molecule has 1 saturated heterocycles. The van der Waals surface area contributed by atoms with Crippen molar-refractivity contribution < 1.29 is 4.74 Å². The third kappa shape index (κ3) is 2.38. The maximum Gasteiger partial charge on any atom is 0.146 e. The smallest absolute Gasteiger partial charge is 0.146 e. The molecular formula is C19H31NO. The summed E-state index contributed by atoms with van der Waals surface area (Å²) in [7, 11) is 3.96. The summed E-state index contributed by atoms with van der Waals surface area (Å²) in [6, 6.07) is 0. The minimum atomic E-state index is -0.332. The fourth-order valence-electron chi connectivity index (χ4n) is 3.47. The van der Waals surface area contributed by atoms with Gasteiger partial charge in [-0.15, -0.1) is 0 Å². The molecule has 0 radical (unpaired) electrons. The number of allylic oxidation sites excluding steroid dienone is 5. The Balaban J connectivity index is 2.76. The van der Waals surface area contributed by atoms with Crippen molar-refractivity contribution in [2.24, 2.45) is 16.2 Å². The van der Waals surface area contributed by atoms with Gasteiger partial charge in [0.25, 0.3) is 0 Å². The number of methoxy groups -OCH3 is 1. The lowest BCUT2D eigenvalue weighted by molar-refractivity contribution is -0.134. The van der Waals surface area contributed by atoms with Crippen LogP contribution in [-0.4, -0.2) is 24.8 Å². The van der Waals surface area contributed by atoms with Gasteiger partial charge in [0, 0.05) is 36.1 Å². The topological polar surface area (TPSA) is 12.5 Å². The second-order valence-electron chi connectivity index (χ2n) is 8.43. The molecule has 1 unspecified atom stereocenters. The predicted octanol–water partition coefficient (Wildman–Crippen LogP) is 4.75. The first-order valence-corrected chi connectivity index (χ1v) is 7.82. The van der Waals surface area contributed by atoms with E-state index in [-0.39, 0.29) is 22.0 Å². The molecule has 2 aliphatic rings. The highest BCUT2D eigenvalue weighted by atomic mass is 16.5. The van der Waals surface area contributed by atoms with E-state index < -0.39 is 0 Å². The molecule has 0 amide bonds. The van der Waals surface area contributed by atoms with E-state index in [9.17, 15) is 0 Å². The summed E-state index contributed by atoms with van der Waals surface area (Å²) in [5.41, 5.74) is 2.37. The summed E-state index contributed by atoms with van der Waals surface area (Å²) in [5.74, 6) is 0. The van der Waals surface area contributed by atoms with Crippen LogP contribution in [0, 0.1) is 16.2 Å². The largest absolute Gasteiger partial charge is 0.358 e. The molecule has 0 spiro atoms. The minimum absolute atomic E-state index is 0.0371. The van der Waals surface area contributed by atoms with E-state index in [0.717, 1.165) is 0 Å². The number of hydrogen-bond acceptors (Lipinski definition) is 2. The quantitative estimate of drug-likeness (QED) is 0.646. The van der Waals surface area contributed by atoms with Crippen molar-refractivity contribution >= 4 is 0 Å². The second-order valence-corrected chi connectivity index (χ2v) is 8.43. The van der Waals surface area contributed by atoms with Crippen molar-refractivity contribution in [3.05, 3.63) is 35.6 Å². The molecule has 21 heavy (non-hydrogen) atoms. The second kappa shape index (κ2) is 4.49. The summed E-state index contributed by atoms with van der Waals surface area (Å²) < 4.78 is 5.96. The number of ether oxygens (including phenoxy) is 1. The number of fused-ring (bicyclic) bond motifs is 1. The monoisotopic (exact) mass is 289 g/mol. The molecule has 1 aliphatic heterocycles. The molecule has 2 heteroatoms. The summed E-state index contributed by atoms with van der Waals surface area (Å²) >= 11 is 0. The molecule has 1 atom stereocenters. The van der Waals surface area contributed by atoms with Crippen LogP contribution in [0.2, 0.25) is 0 Å². The van der Waals surface area contributed by atoms with Crippen LogP contribution in [0.1, 0.15) is 48.5 Å². The predicted molar refractivity (Wildman–Crippen MR) is 89.8 cm³/mol. The molecule has 0 bridgehead atoms. The molecule has 0 aromatic heterocycles. The number of likely N-dealkylation sites (tertiary alicyclic amines) is 1. The number of hydrogen-bond donors (Lipinski definition) is 0. The fourth-order valence-corrected chi connectivity index (χ4v) is 3.47. The minimum Gasteiger partial charge on any atom is -0.358 e. The van der Waals surface area contributed by atoms with E-state index in [1.54, 1.807) is 0 Å². The van der Waals surface area contributed by atoms with E-state index >= 15 is 0 Å². The zero-order chi connectivity index (χ0) is 16.3. The highest BCUT2D eigenvalue weighted by Gasteiger charge is 2.55. The van der Waals surface area contributed by atoms with Crippen molar-refractivity contribution in [3.63, 3.8) is 0 Å². The van der Waals surface area contributed by atoms with E-state index in [0.29, 0.717) is 0 Å². The van der Waals surface area contributed by atoms with E-state index in [1.165, 1.54) is 11.3 Å². The van der Waals surface area contributed by atoms with Gasteiger partial charge in [-0.2, -0.15) is 0 Å². The summed E-state index contributed by atoms with van der Waals surface area (Å²) in [4.78, 5) is 2.30. The van der Waals surface area contributed by atoms with Gasteiger partial charge >= 0.3 is 0 Å². The Morgan fingerprint density at radius 2 is 1.33 bits per heavy atom. The van der Waals surface area contributed by atoms with Gasteiger partial charge in [0.05, 0.1) is 0 Å². The first-order valence-electron chi connectivity index (χ1n) is 7.82. The van der Waals surface area contributed by atoms with Crippen molar-refractivity contribution in [3.8, 4) is 0 Å². The standard InChI is InChI=1S/C19H31NO/c1-16(2)10-11-17(3,4)13-15-14(12-16)18(5,6)19(7,21-9)20(15)8/h10-13H,1-9H3/b11-10-,14-12+,15-13+. The first kappa shape index (κ1) is 16.4. The Labute approximate surface area is 130 Å². The Hall–Kier alpha value is -1.02. The van der Waals surface area contributed by atoms with Crippen LogP contribution >= 0.6 is 0 Å². The average Bonchev–Trinajstić information content (AvgIpc) is 2.48. The van der Waals surface area contributed by atoms with Gasteiger partial charge in [-0.3, -0.25) is 0 Å². The molecule has 0 aromatic rings. The molecule has 2 rings (SSSR count). The molecule has 1 aliphatic carbocycles. The third-order valence-corrected chi connectivity index (χ3v) is 5.48. The first-order chi connectivity index (χ1) is 9.36. The number of nitrogens with zero attached hydrogens (tertiary/aromatic N) is 1. The Bertz CT molecular complexity index is 534. The summed E-state index contributed by atoms with van der Waals surface area (Å²) in [6.07, 6.45) is 9.42. The van der Waals surface area contributed by atoms with Gasteiger partial charge in [-0.1, -0.05) is 65.8 Å². The molecule has 118 valence electrons. The van der Waals surface area contributed by atoms with Crippen LogP contribution in [0.25, 0.3) is 0 Å². The summed E-state index contributed by atoms with van der Waals surface area (Å²) in [6.45, 7) is 15.8. The van der Waals surface area contributed by atoms with Gasteiger partial charge < -0.3 is 9.64 Å². The molecule has 0 N–H and O–H groups in total. The van der Waals surface area contributed by atoms with Crippen LogP contribution in [0.5, 0.6) is 0 Å². The average molecular weight is 289 g/mol. The zero-order valence-corrected chi connectivity index (χ0v) is 15.2. The number of likely N-dealkylation sites (N-methyl/N-ethyl adjacent to an activating group) is 1. The van der Waals surface area contributed by atoms with Crippen LogP contribution in [0.4, 0.5) is 0 Å². The van der Waals surface area contributed by atoms with Crippen LogP contribution in [-0.2, 0) is 4.74 Å². The van der Waals surface area contributed by atoms with Crippen LogP contribution in [0.3, 0.4) is 0 Å². The molecule has 1 heterocycles. The van der Waals surface area contributed by atoms with Crippen molar-refractivity contribution in [2.45, 2.75) is 54.2 Å². The lowest BCUT2D eigenvalue weighted by Crippen LogP contribution is -2.49. The highest BCUT2D eigenvalue weighted by Crippen LogP contribution is 2.55. The lowest BCUT2D eigenvalue weighted by atomic mass is 9.73. The van der Waals surface area contributed by atoms with Crippen LogP contribution < -0.4 is 0 Å². The molecule has 0 saturated carbocycles. The van der Waals surface area contributed by atoms with Crippen molar-refractivity contribution in [2.75, 3.05) is 14.2 Å². The van der Waals surface area contributed by atoms with Gasteiger partial charge in [-0.25, -0.2) is 0 Å². The van der Waals surface area contributed by atoms with E-state index in [4.69, 9.17) is 4.74 Å². The zero-order valence-electron chi connectivity index (χ0n) is 15.2. The van der Waals surface area contributed by atoms with E-state index in [2.05, 4.69) is 84.7 Å².